The number of anilines is 1. The van der Waals surface area contributed by atoms with Crippen molar-refractivity contribution in [2.24, 2.45) is 0 Å². The minimum atomic E-state index is -2.21. The average molecular weight is 441 g/mol. The molecule has 1 aliphatic heterocycles. The van der Waals surface area contributed by atoms with Crippen LogP contribution < -0.4 is 5.32 Å². The van der Waals surface area contributed by atoms with Crippen LogP contribution in [0.15, 0.2) is 96.6 Å². The van der Waals surface area contributed by atoms with E-state index in [9.17, 15) is 19.2 Å². The van der Waals surface area contributed by atoms with Gasteiger partial charge in [-0.3, -0.25) is 14.4 Å². The second-order valence-corrected chi connectivity index (χ2v) is 7.23. The Morgan fingerprint density at radius 3 is 1.94 bits per heavy atom. The molecule has 1 atom stereocenters. The van der Waals surface area contributed by atoms with Crippen molar-refractivity contribution in [3.63, 3.8) is 0 Å². The molecule has 3 aromatic carbocycles. The van der Waals surface area contributed by atoms with Crippen molar-refractivity contribution in [1.82, 2.24) is 0 Å². The second kappa shape index (κ2) is 8.92. The van der Waals surface area contributed by atoms with Gasteiger partial charge in [-0.05, 0) is 17.7 Å². The number of Topliss-reactive ketones (excluding diaryl/α,β-unsaturated/α-hetero) is 1. The van der Waals surface area contributed by atoms with Gasteiger partial charge in [0.25, 0.3) is 11.7 Å². The minimum absolute atomic E-state index is 0.139. The van der Waals surface area contributed by atoms with Crippen LogP contribution >= 0.6 is 0 Å². The van der Waals surface area contributed by atoms with E-state index in [0.29, 0.717) is 11.3 Å². The second-order valence-electron chi connectivity index (χ2n) is 7.23. The van der Waals surface area contributed by atoms with Crippen molar-refractivity contribution in [3.8, 4) is 0 Å². The van der Waals surface area contributed by atoms with E-state index < -0.39 is 29.4 Å². The van der Waals surface area contributed by atoms with E-state index in [1.165, 1.54) is 0 Å². The standard InChI is InChI=1S/C26H19NO6/c1-17(28)32-26(19-13-7-3-8-14-19)22(23(29)25(31)33-26)21(18-11-5-2-6-12-18)24(30)27-20-15-9-4-10-16-20/h2-16H,1H3,(H,27,30)/b22-21-/t26-/m0/s1. The first-order valence-electron chi connectivity index (χ1n) is 10.1. The maximum absolute atomic E-state index is 13.5. The summed E-state index contributed by atoms with van der Waals surface area (Å²) in [6.45, 7) is 1.13. The molecule has 1 fully saturated rings. The monoisotopic (exact) mass is 441 g/mol. The average Bonchev–Trinajstić information content (AvgIpc) is 3.06. The first kappa shape index (κ1) is 21.7. The Morgan fingerprint density at radius 1 is 0.818 bits per heavy atom. The SMILES string of the molecule is CC(=O)O[C@@]1(c2ccccc2)OC(=O)C(=O)/C1=C(/C(=O)Nc1ccccc1)c1ccccc1. The first-order chi connectivity index (χ1) is 15.9. The lowest BCUT2D eigenvalue weighted by molar-refractivity contribution is -0.206. The van der Waals surface area contributed by atoms with Gasteiger partial charge in [-0.1, -0.05) is 78.9 Å². The quantitative estimate of drug-likeness (QED) is 0.369. The summed E-state index contributed by atoms with van der Waals surface area (Å²) in [5.74, 6) is -5.96. The predicted octanol–water partition coefficient (Wildman–Crippen LogP) is 3.62. The van der Waals surface area contributed by atoms with Crippen LogP contribution in [-0.4, -0.2) is 23.6 Å². The van der Waals surface area contributed by atoms with Crippen LogP contribution in [0.1, 0.15) is 18.1 Å². The third-order valence-electron chi connectivity index (χ3n) is 4.99. The molecule has 0 radical (unpaired) electrons. The van der Waals surface area contributed by atoms with Crippen LogP contribution in [-0.2, 0) is 34.4 Å². The van der Waals surface area contributed by atoms with Gasteiger partial charge < -0.3 is 14.8 Å². The molecule has 0 aromatic heterocycles. The van der Waals surface area contributed by atoms with Crippen molar-refractivity contribution < 1.29 is 28.7 Å². The van der Waals surface area contributed by atoms with E-state index in [1.54, 1.807) is 91.0 Å². The number of carbonyl (C=O) groups excluding carboxylic acids is 4. The molecular formula is C26H19NO6. The Kier molecular flexibility index (Phi) is 5.87. The molecule has 3 aromatic rings. The summed E-state index contributed by atoms with van der Waals surface area (Å²) in [6, 6.07) is 25.1. The number of cyclic esters (lactones) is 1. The van der Waals surface area contributed by atoms with Gasteiger partial charge in [-0.15, -0.1) is 0 Å². The zero-order chi connectivity index (χ0) is 23.4. The lowest BCUT2D eigenvalue weighted by Gasteiger charge is -2.29. The number of nitrogens with one attached hydrogen (secondary N) is 1. The molecule has 0 bridgehead atoms. The normalized spacial score (nSPS) is 18.9. The van der Waals surface area contributed by atoms with Crippen molar-refractivity contribution in [2.75, 3.05) is 5.32 Å². The Bertz CT molecular complexity index is 1250. The molecule has 4 rings (SSSR count). The van der Waals surface area contributed by atoms with E-state index in [2.05, 4.69) is 5.32 Å². The number of carbonyl (C=O) groups is 4. The third-order valence-corrected chi connectivity index (χ3v) is 4.99. The Balaban J connectivity index is 2.01. The van der Waals surface area contributed by atoms with Crippen molar-refractivity contribution >= 4 is 34.9 Å². The topological polar surface area (TPSA) is 98.8 Å². The van der Waals surface area contributed by atoms with Crippen LogP contribution in [0.3, 0.4) is 0 Å². The number of ketones is 1. The van der Waals surface area contributed by atoms with E-state index in [4.69, 9.17) is 9.47 Å². The Morgan fingerprint density at radius 2 is 1.36 bits per heavy atom. The van der Waals surface area contributed by atoms with Crippen LogP contribution in [0.25, 0.3) is 5.57 Å². The summed E-state index contributed by atoms with van der Waals surface area (Å²) >= 11 is 0. The van der Waals surface area contributed by atoms with Crippen molar-refractivity contribution in [2.45, 2.75) is 12.7 Å². The van der Waals surface area contributed by atoms with Gasteiger partial charge in [-0.2, -0.15) is 0 Å². The summed E-state index contributed by atoms with van der Waals surface area (Å²) in [4.78, 5) is 51.3. The molecule has 1 aliphatic rings. The summed E-state index contributed by atoms with van der Waals surface area (Å²) in [5.41, 5.74) is 0.538. The number of benzene rings is 3. The van der Waals surface area contributed by atoms with Gasteiger partial charge in [0.15, 0.2) is 0 Å². The molecule has 1 N–H and O–H groups in total. The molecule has 7 nitrogen and oxygen atoms in total. The molecular weight excluding hydrogens is 422 g/mol. The molecule has 164 valence electrons. The highest BCUT2D eigenvalue weighted by Crippen LogP contribution is 2.45. The highest BCUT2D eigenvalue weighted by Gasteiger charge is 2.58. The van der Waals surface area contributed by atoms with E-state index in [-0.39, 0.29) is 16.7 Å². The summed E-state index contributed by atoms with van der Waals surface area (Å²) in [6.07, 6.45) is 0. The van der Waals surface area contributed by atoms with Crippen LogP contribution in [0, 0.1) is 0 Å². The smallest absolute Gasteiger partial charge is 0.383 e. The summed E-state index contributed by atoms with van der Waals surface area (Å²) in [7, 11) is 0. The van der Waals surface area contributed by atoms with Gasteiger partial charge in [0.05, 0.1) is 5.57 Å². The fourth-order valence-corrected chi connectivity index (χ4v) is 3.66. The summed E-state index contributed by atoms with van der Waals surface area (Å²) < 4.78 is 10.9. The van der Waals surface area contributed by atoms with Gasteiger partial charge >= 0.3 is 17.7 Å². The first-order valence-corrected chi connectivity index (χ1v) is 10.1. The lowest BCUT2D eigenvalue weighted by atomic mass is 9.88. The molecule has 0 saturated carbocycles. The number of hydrogen-bond acceptors (Lipinski definition) is 6. The Hall–Kier alpha value is -4.52. The molecule has 0 spiro atoms. The molecule has 1 heterocycles. The van der Waals surface area contributed by atoms with Crippen molar-refractivity contribution in [1.29, 1.82) is 0 Å². The minimum Gasteiger partial charge on any atom is -0.414 e. The lowest BCUT2D eigenvalue weighted by Crippen LogP contribution is -2.35. The Labute approximate surface area is 189 Å². The highest BCUT2D eigenvalue weighted by atomic mass is 16.7. The molecule has 7 heteroatoms. The maximum atomic E-state index is 13.5. The number of amides is 1. The van der Waals surface area contributed by atoms with Gasteiger partial charge in [0.2, 0.25) is 0 Å². The van der Waals surface area contributed by atoms with Gasteiger partial charge in [0, 0.05) is 18.2 Å². The molecule has 1 amide bonds. The van der Waals surface area contributed by atoms with E-state index in [0.717, 1.165) is 6.92 Å². The van der Waals surface area contributed by atoms with Crippen molar-refractivity contribution in [3.05, 3.63) is 108 Å². The van der Waals surface area contributed by atoms with E-state index >= 15 is 0 Å². The zero-order valence-electron chi connectivity index (χ0n) is 17.6. The fraction of sp³-hybridized carbons (Fsp3) is 0.0769. The number of rotatable bonds is 5. The largest absolute Gasteiger partial charge is 0.414 e. The predicted molar refractivity (Wildman–Crippen MR) is 119 cm³/mol. The number of hydrogen-bond donors (Lipinski definition) is 1. The highest BCUT2D eigenvalue weighted by molar-refractivity contribution is 6.48. The molecule has 0 aliphatic carbocycles. The van der Waals surface area contributed by atoms with Gasteiger partial charge in [-0.25, -0.2) is 4.79 Å². The fourth-order valence-electron chi connectivity index (χ4n) is 3.66. The maximum Gasteiger partial charge on any atom is 0.383 e. The van der Waals surface area contributed by atoms with Crippen LogP contribution in [0.4, 0.5) is 5.69 Å². The van der Waals surface area contributed by atoms with Crippen LogP contribution in [0.5, 0.6) is 0 Å². The zero-order valence-corrected chi connectivity index (χ0v) is 17.6. The van der Waals surface area contributed by atoms with Gasteiger partial charge in [0.1, 0.15) is 5.57 Å². The van der Waals surface area contributed by atoms with E-state index in [1.807, 2.05) is 0 Å². The molecule has 1 saturated heterocycles. The van der Waals surface area contributed by atoms with Crippen LogP contribution in [0.2, 0.25) is 0 Å². The molecule has 0 unspecified atom stereocenters. The number of esters is 2. The number of ether oxygens (including phenoxy) is 2. The summed E-state index contributed by atoms with van der Waals surface area (Å²) in [5, 5.41) is 2.74. The third kappa shape index (κ3) is 4.16. The number of para-hydroxylation sites is 1. The molecule has 33 heavy (non-hydrogen) atoms.